The van der Waals surface area contributed by atoms with Crippen molar-refractivity contribution in [2.75, 3.05) is 40.3 Å². The minimum atomic E-state index is -0.477. The normalized spacial score (nSPS) is 27.4. The van der Waals surface area contributed by atoms with Gasteiger partial charge in [-0.3, -0.25) is 14.9 Å². The number of urea groups is 1. The summed E-state index contributed by atoms with van der Waals surface area (Å²) in [6.45, 7) is 3.45. The Balaban J connectivity index is 1.91. The van der Waals surface area contributed by atoms with Crippen LogP contribution >= 0.6 is 0 Å². The van der Waals surface area contributed by atoms with Crippen LogP contribution in [0, 0.1) is 5.92 Å². The number of nitrogens with zero attached hydrogens (tertiary/aromatic N) is 3. The first-order valence-electron chi connectivity index (χ1n) is 6.41. The van der Waals surface area contributed by atoms with Crippen LogP contribution in [-0.4, -0.2) is 78.9 Å². The van der Waals surface area contributed by atoms with Gasteiger partial charge >= 0.3 is 6.03 Å². The highest BCUT2D eigenvalue weighted by Crippen LogP contribution is 2.20. The van der Waals surface area contributed by atoms with Crippen LogP contribution in [0.3, 0.4) is 0 Å². The highest BCUT2D eigenvalue weighted by molar-refractivity contribution is 6.03. The summed E-state index contributed by atoms with van der Waals surface area (Å²) in [7, 11) is 4.00. The van der Waals surface area contributed by atoms with Gasteiger partial charge in [0.1, 0.15) is 13.1 Å². The lowest BCUT2D eigenvalue weighted by Crippen LogP contribution is -2.42. The second-order valence-electron chi connectivity index (χ2n) is 5.52. The molecule has 0 unspecified atom stereocenters. The molecule has 4 amide bonds. The molecule has 2 heterocycles. The van der Waals surface area contributed by atoms with Crippen LogP contribution in [-0.2, 0) is 9.59 Å². The van der Waals surface area contributed by atoms with Gasteiger partial charge in [0.15, 0.2) is 0 Å². The zero-order valence-corrected chi connectivity index (χ0v) is 11.5. The molecule has 2 fully saturated rings. The van der Waals surface area contributed by atoms with Crippen LogP contribution in [0.5, 0.6) is 0 Å². The number of amides is 4. The molecule has 0 aromatic rings. The highest BCUT2D eigenvalue weighted by Gasteiger charge is 2.36. The highest BCUT2D eigenvalue weighted by atomic mass is 16.2. The molecule has 7 heteroatoms. The minimum Gasteiger partial charge on any atom is -0.339 e. The molecule has 0 aromatic carbocycles. The fraction of sp³-hybridized carbons (Fsp3) is 0.750. The van der Waals surface area contributed by atoms with Crippen molar-refractivity contribution in [2.24, 2.45) is 5.92 Å². The maximum Gasteiger partial charge on any atom is 0.325 e. The summed E-state index contributed by atoms with van der Waals surface area (Å²) in [6.07, 6.45) is 0. The smallest absolute Gasteiger partial charge is 0.325 e. The molecule has 0 bridgehead atoms. The molecule has 19 heavy (non-hydrogen) atoms. The van der Waals surface area contributed by atoms with Gasteiger partial charge in [0, 0.05) is 19.1 Å². The largest absolute Gasteiger partial charge is 0.339 e. The molecule has 2 saturated heterocycles. The van der Waals surface area contributed by atoms with E-state index in [0.29, 0.717) is 25.0 Å². The van der Waals surface area contributed by atoms with E-state index in [0.717, 1.165) is 0 Å². The van der Waals surface area contributed by atoms with Crippen LogP contribution in [0.2, 0.25) is 0 Å². The van der Waals surface area contributed by atoms with Crippen molar-refractivity contribution in [1.29, 1.82) is 0 Å². The molecule has 0 aromatic heterocycles. The molecule has 0 aliphatic carbocycles. The lowest BCUT2D eigenvalue weighted by molar-refractivity contribution is -0.131. The SMILES string of the molecule is C[C@@H]1CN(C(=O)CN2CC(=O)NC2=O)C[C@H]1N(C)C. The molecule has 0 radical (unpaired) electrons. The number of carbonyl (C=O) groups excluding carboxylic acids is 3. The molecular weight excluding hydrogens is 248 g/mol. The Morgan fingerprint density at radius 3 is 2.53 bits per heavy atom. The molecular formula is C12H20N4O3. The maximum absolute atomic E-state index is 12.1. The number of rotatable bonds is 3. The molecule has 0 saturated carbocycles. The number of imide groups is 1. The van der Waals surface area contributed by atoms with Gasteiger partial charge in [-0.2, -0.15) is 0 Å². The molecule has 2 aliphatic heterocycles. The number of hydrogen-bond acceptors (Lipinski definition) is 4. The lowest BCUT2D eigenvalue weighted by Gasteiger charge is -2.23. The molecule has 2 rings (SSSR count). The van der Waals surface area contributed by atoms with Crippen molar-refractivity contribution in [1.82, 2.24) is 20.0 Å². The van der Waals surface area contributed by atoms with Crippen molar-refractivity contribution >= 4 is 17.8 Å². The van der Waals surface area contributed by atoms with Crippen molar-refractivity contribution in [2.45, 2.75) is 13.0 Å². The fourth-order valence-corrected chi connectivity index (χ4v) is 2.70. The van der Waals surface area contributed by atoms with E-state index in [9.17, 15) is 14.4 Å². The van der Waals surface area contributed by atoms with Gasteiger partial charge in [0.05, 0.1) is 0 Å². The summed E-state index contributed by atoms with van der Waals surface area (Å²) < 4.78 is 0. The molecule has 1 N–H and O–H groups in total. The summed E-state index contributed by atoms with van der Waals surface area (Å²) in [5.74, 6) is -0.0344. The van der Waals surface area contributed by atoms with Crippen LogP contribution in [0.25, 0.3) is 0 Å². The summed E-state index contributed by atoms with van der Waals surface area (Å²) >= 11 is 0. The van der Waals surface area contributed by atoms with Crippen molar-refractivity contribution in [3.8, 4) is 0 Å². The van der Waals surface area contributed by atoms with Gasteiger partial charge < -0.3 is 14.7 Å². The average molecular weight is 268 g/mol. The Kier molecular flexibility index (Phi) is 3.75. The number of hydrogen-bond donors (Lipinski definition) is 1. The number of likely N-dealkylation sites (N-methyl/N-ethyl adjacent to an activating group) is 1. The molecule has 0 spiro atoms. The van der Waals surface area contributed by atoms with E-state index < -0.39 is 6.03 Å². The third kappa shape index (κ3) is 2.86. The van der Waals surface area contributed by atoms with Crippen molar-refractivity contribution in [3.63, 3.8) is 0 Å². The van der Waals surface area contributed by atoms with Crippen LogP contribution in [0.4, 0.5) is 4.79 Å². The first-order chi connectivity index (χ1) is 8.88. The Hall–Kier alpha value is -1.63. The van der Waals surface area contributed by atoms with E-state index in [-0.39, 0.29) is 24.9 Å². The Morgan fingerprint density at radius 1 is 1.37 bits per heavy atom. The van der Waals surface area contributed by atoms with Gasteiger partial charge in [-0.05, 0) is 20.0 Å². The standard InChI is InChI=1S/C12H20N4O3/c1-8-4-15(5-9(8)14(2)3)11(18)7-16-6-10(17)13-12(16)19/h8-9H,4-7H2,1-3H3,(H,13,17,19)/t8-,9-/m1/s1. The first kappa shape index (κ1) is 13.8. The molecule has 7 nitrogen and oxygen atoms in total. The zero-order chi connectivity index (χ0) is 14.2. The average Bonchev–Trinajstić information content (AvgIpc) is 2.83. The number of nitrogens with one attached hydrogen (secondary N) is 1. The monoisotopic (exact) mass is 268 g/mol. The van der Waals surface area contributed by atoms with Gasteiger partial charge in [-0.15, -0.1) is 0 Å². The summed E-state index contributed by atoms with van der Waals surface area (Å²) in [6, 6.07) is -0.132. The Labute approximate surface area is 112 Å². The second-order valence-corrected chi connectivity index (χ2v) is 5.52. The predicted molar refractivity (Wildman–Crippen MR) is 68.3 cm³/mol. The maximum atomic E-state index is 12.1. The van der Waals surface area contributed by atoms with E-state index in [1.54, 1.807) is 4.90 Å². The molecule has 2 aliphatic rings. The van der Waals surface area contributed by atoms with Crippen LogP contribution in [0.1, 0.15) is 6.92 Å². The van der Waals surface area contributed by atoms with Crippen molar-refractivity contribution < 1.29 is 14.4 Å². The van der Waals surface area contributed by atoms with Gasteiger partial charge in [-0.1, -0.05) is 6.92 Å². The first-order valence-corrected chi connectivity index (χ1v) is 6.41. The van der Waals surface area contributed by atoms with E-state index in [2.05, 4.69) is 17.1 Å². The number of likely N-dealkylation sites (tertiary alicyclic amines) is 1. The zero-order valence-electron chi connectivity index (χ0n) is 11.5. The second kappa shape index (κ2) is 5.16. The van der Waals surface area contributed by atoms with Gasteiger partial charge in [0.2, 0.25) is 11.8 Å². The fourth-order valence-electron chi connectivity index (χ4n) is 2.70. The van der Waals surface area contributed by atoms with E-state index in [1.165, 1.54) is 4.90 Å². The molecule has 106 valence electrons. The minimum absolute atomic E-state index is 0.0227. The van der Waals surface area contributed by atoms with Crippen LogP contribution < -0.4 is 5.32 Å². The van der Waals surface area contributed by atoms with E-state index in [4.69, 9.17) is 0 Å². The lowest BCUT2D eigenvalue weighted by atomic mass is 10.1. The predicted octanol–water partition coefficient (Wildman–Crippen LogP) is -1.05. The third-order valence-electron chi connectivity index (χ3n) is 3.78. The third-order valence-corrected chi connectivity index (χ3v) is 3.78. The Morgan fingerprint density at radius 2 is 2.05 bits per heavy atom. The van der Waals surface area contributed by atoms with E-state index in [1.807, 2.05) is 14.1 Å². The quantitative estimate of drug-likeness (QED) is 0.663. The molecule has 2 atom stereocenters. The van der Waals surface area contributed by atoms with Crippen molar-refractivity contribution in [3.05, 3.63) is 0 Å². The van der Waals surface area contributed by atoms with Gasteiger partial charge in [-0.25, -0.2) is 4.79 Å². The summed E-state index contributed by atoms with van der Waals surface area (Å²) in [4.78, 5) is 39.7. The number of carbonyl (C=O) groups is 3. The summed E-state index contributed by atoms with van der Waals surface area (Å²) in [5, 5.41) is 2.17. The van der Waals surface area contributed by atoms with Crippen LogP contribution in [0.15, 0.2) is 0 Å². The topological polar surface area (TPSA) is 73.0 Å². The van der Waals surface area contributed by atoms with E-state index >= 15 is 0 Å². The van der Waals surface area contributed by atoms with Gasteiger partial charge in [0.25, 0.3) is 0 Å². The Bertz CT molecular complexity index is 410. The summed E-state index contributed by atoms with van der Waals surface area (Å²) in [5.41, 5.74) is 0.